The molecule has 1 fully saturated rings. The Morgan fingerprint density at radius 1 is 1.50 bits per heavy atom. The zero-order valence-corrected chi connectivity index (χ0v) is 11.8. The van der Waals surface area contributed by atoms with Crippen LogP contribution in [0, 0.1) is 11.8 Å². The molecule has 1 aromatic heterocycles. The standard InChI is InChI=1S/C14H24N2O2/c1-5-16-13(12(18-4)9-15-16)14(17)7-6-10(2)11(3)8-14/h9-11,17H,5-8H2,1-4H3. The summed E-state index contributed by atoms with van der Waals surface area (Å²) in [4.78, 5) is 0. The van der Waals surface area contributed by atoms with Crippen molar-refractivity contribution >= 4 is 0 Å². The molecule has 2 rings (SSSR count). The van der Waals surface area contributed by atoms with E-state index in [1.54, 1.807) is 13.3 Å². The number of ether oxygens (including phenoxy) is 1. The number of rotatable bonds is 3. The van der Waals surface area contributed by atoms with Gasteiger partial charge in [-0.05, 0) is 38.0 Å². The highest BCUT2D eigenvalue weighted by molar-refractivity contribution is 5.31. The molecule has 1 saturated carbocycles. The van der Waals surface area contributed by atoms with Gasteiger partial charge in [0.25, 0.3) is 0 Å². The lowest BCUT2D eigenvalue weighted by molar-refractivity contribution is -0.0418. The molecule has 0 aliphatic heterocycles. The van der Waals surface area contributed by atoms with Crippen molar-refractivity contribution < 1.29 is 9.84 Å². The van der Waals surface area contributed by atoms with Crippen LogP contribution in [-0.2, 0) is 12.1 Å². The predicted octanol–water partition coefficient (Wildman–Crippen LogP) is 2.56. The number of aliphatic hydroxyl groups is 1. The first-order valence-corrected chi connectivity index (χ1v) is 6.84. The second-order valence-corrected chi connectivity index (χ2v) is 5.61. The number of nitrogens with zero attached hydrogens (tertiary/aromatic N) is 2. The van der Waals surface area contributed by atoms with E-state index in [0.29, 0.717) is 17.6 Å². The van der Waals surface area contributed by atoms with Gasteiger partial charge in [-0.15, -0.1) is 0 Å². The van der Waals surface area contributed by atoms with E-state index >= 15 is 0 Å². The van der Waals surface area contributed by atoms with Gasteiger partial charge in [-0.2, -0.15) is 5.10 Å². The number of aromatic nitrogens is 2. The molecule has 1 N–H and O–H groups in total. The Morgan fingerprint density at radius 2 is 2.22 bits per heavy atom. The van der Waals surface area contributed by atoms with Crippen LogP contribution in [0.25, 0.3) is 0 Å². The first-order valence-electron chi connectivity index (χ1n) is 6.84. The third kappa shape index (κ3) is 2.14. The predicted molar refractivity (Wildman–Crippen MR) is 70.5 cm³/mol. The first-order chi connectivity index (χ1) is 8.51. The van der Waals surface area contributed by atoms with Gasteiger partial charge < -0.3 is 9.84 Å². The Hall–Kier alpha value is -1.03. The van der Waals surface area contributed by atoms with E-state index in [1.165, 1.54) is 0 Å². The van der Waals surface area contributed by atoms with Crippen molar-refractivity contribution in [1.29, 1.82) is 0 Å². The minimum atomic E-state index is -0.788. The first kappa shape index (κ1) is 13.4. The second-order valence-electron chi connectivity index (χ2n) is 5.61. The van der Waals surface area contributed by atoms with E-state index in [-0.39, 0.29) is 0 Å². The van der Waals surface area contributed by atoms with Crippen LogP contribution in [0.5, 0.6) is 5.75 Å². The van der Waals surface area contributed by atoms with Gasteiger partial charge in [0.15, 0.2) is 5.75 Å². The lowest BCUT2D eigenvalue weighted by Gasteiger charge is -2.39. The van der Waals surface area contributed by atoms with Crippen LogP contribution in [0.4, 0.5) is 0 Å². The highest BCUT2D eigenvalue weighted by atomic mass is 16.5. The van der Waals surface area contributed by atoms with E-state index < -0.39 is 5.60 Å². The van der Waals surface area contributed by atoms with Gasteiger partial charge in [0.1, 0.15) is 11.3 Å². The second kappa shape index (κ2) is 4.92. The Kier molecular flexibility index (Phi) is 3.66. The fraction of sp³-hybridized carbons (Fsp3) is 0.786. The van der Waals surface area contributed by atoms with Crippen molar-refractivity contribution in [3.8, 4) is 5.75 Å². The summed E-state index contributed by atoms with van der Waals surface area (Å²) in [5.41, 5.74) is 0.0651. The average Bonchev–Trinajstić information content (AvgIpc) is 2.78. The molecule has 18 heavy (non-hydrogen) atoms. The zero-order valence-electron chi connectivity index (χ0n) is 11.8. The third-order valence-electron chi connectivity index (χ3n) is 4.41. The van der Waals surface area contributed by atoms with Gasteiger partial charge in [-0.3, -0.25) is 4.68 Å². The zero-order chi connectivity index (χ0) is 13.3. The highest BCUT2D eigenvalue weighted by Gasteiger charge is 2.41. The smallest absolute Gasteiger partial charge is 0.162 e. The van der Waals surface area contributed by atoms with Crippen molar-refractivity contribution in [2.45, 2.75) is 52.2 Å². The molecule has 0 radical (unpaired) electrons. The number of hydrogen-bond acceptors (Lipinski definition) is 3. The number of hydrogen-bond donors (Lipinski definition) is 1. The van der Waals surface area contributed by atoms with Gasteiger partial charge in [-0.1, -0.05) is 13.8 Å². The van der Waals surface area contributed by atoms with Crippen LogP contribution < -0.4 is 4.74 Å². The quantitative estimate of drug-likeness (QED) is 0.899. The van der Waals surface area contributed by atoms with Crippen LogP contribution >= 0.6 is 0 Å². The topological polar surface area (TPSA) is 47.3 Å². The van der Waals surface area contributed by atoms with Crippen LogP contribution in [-0.4, -0.2) is 22.0 Å². The summed E-state index contributed by atoms with van der Waals surface area (Å²) in [5, 5.41) is 15.3. The lowest BCUT2D eigenvalue weighted by Crippen LogP contribution is -2.37. The fourth-order valence-corrected chi connectivity index (χ4v) is 3.03. The molecule has 0 aromatic carbocycles. The maximum Gasteiger partial charge on any atom is 0.162 e. The van der Waals surface area contributed by atoms with Crippen molar-refractivity contribution in [3.05, 3.63) is 11.9 Å². The molecule has 1 heterocycles. The van der Waals surface area contributed by atoms with Crippen molar-refractivity contribution in [2.24, 2.45) is 11.8 Å². The number of aryl methyl sites for hydroxylation is 1. The molecular formula is C14H24N2O2. The monoisotopic (exact) mass is 252 g/mol. The van der Waals surface area contributed by atoms with Crippen LogP contribution in [0.15, 0.2) is 6.20 Å². The van der Waals surface area contributed by atoms with Crippen molar-refractivity contribution in [3.63, 3.8) is 0 Å². The molecule has 1 aliphatic rings. The molecule has 0 saturated heterocycles. The summed E-state index contributed by atoms with van der Waals surface area (Å²) in [6, 6.07) is 0. The van der Waals surface area contributed by atoms with Gasteiger partial charge >= 0.3 is 0 Å². The summed E-state index contributed by atoms with van der Waals surface area (Å²) < 4.78 is 7.23. The number of methoxy groups -OCH3 is 1. The summed E-state index contributed by atoms with van der Waals surface area (Å²) >= 11 is 0. The van der Waals surface area contributed by atoms with E-state index in [0.717, 1.165) is 31.5 Å². The minimum absolute atomic E-state index is 0.522. The molecule has 102 valence electrons. The van der Waals surface area contributed by atoms with Crippen LogP contribution in [0.1, 0.15) is 45.7 Å². The summed E-state index contributed by atoms with van der Waals surface area (Å²) in [7, 11) is 1.64. The summed E-state index contributed by atoms with van der Waals surface area (Å²) in [6.07, 6.45) is 4.34. The molecule has 0 bridgehead atoms. The van der Waals surface area contributed by atoms with Crippen molar-refractivity contribution in [2.75, 3.05) is 7.11 Å². The van der Waals surface area contributed by atoms with Gasteiger partial charge in [-0.25, -0.2) is 0 Å². The van der Waals surface area contributed by atoms with Gasteiger partial charge in [0, 0.05) is 6.54 Å². The van der Waals surface area contributed by atoms with E-state index in [9.17, 15) is 5.11 Å². The molecule has 4 nitrogen and oxygen atoms in total. The Labute approximate surface area is 109 Å². The summed E-state index contributed by atoms with van der Waals surface area (Å²) in [5.74, 6) is 1.91. The molecule has 3 unspecified atom stereocenters. The van der Waals surface area contributed by atoms with E-state index in [2.05, 4.69) is 18.9 Å². The van der Waals surface area contributed by atoms with Gasteiger partial charge in [0.2, 0.25) is 0 Å². The molecule has 4 heteroatoms. The van der Waals surface area contributed by atoms with Crippen molar-refractivity contribution in [1.82, 2.24) is 9.78 Å². The lowest BCUT2D eigenvalue weighted by atomic mass is 9.71. The molecule has 0 amide bonds. The Bertz CT molecular complexity index is 394. The molecule has 0 spiro atoms. The van der Waals surface area contributed by atoms with E-state index in [1.807, 2.05) is 11.6 Å². The Balaban J connectivity index is 2.37. The van der Waals surface area contributed by atoms with Crippen LogP contribution in [0.2, 0.25) is 0 Å². The maximum atomic E-state index is 11.0. The molecular weight excluding hydrogens is 228 g/mol. The maximum absolute atomic E-state index is 11.0. The van der Waals surface area contributed by atoms with Gasteiger partial charge in [0.05, 0.1) is 13.3 Å². The summed E-state index contributed by atoms with van der Waals surface area (Å²) in [6.45, 7) is 7.27. The molecule has 3 atom stereocenters. The average molecular weight is 252 g/mol. The fourth-order valence-electron chi connectivity index (χ4n) is 3.03. The van der Waals surface area contributed by atoms with E-state index in [4.69, 9.17) is 4.74 Å². The molecule has 1 aliphatic carbocycles. The minimum Gasteiger partial charge on any atom is -0.493 e. The van der Waals surface area contributed by atoms with Crippen LogP contribution in [0.3, 0.4) is 0 Å². The SMILES string of the molecule is CCn1ncc(OC)c1C1(O)CCC(C)C(C)C1. The molecule has 1 aromatic rings. The highest BCUT2D eigenvalue weighted by Crippen LogP contribution is 2.45. The normalized spacial score (nSPS) is 32.5. The largest absolute Gasteiger partial charge is 0.493 e. The Morgan fingerprint density at radius 3 is 2.78 bits per heavy atom. The third-order valence-corrected chi connectivity index (χ3v) is 4.41.